The lowest BCUT2D eigenvalue weighted by atomic mass is 10.2. The number of hydrogen-bond donors (Lipinski definition) is 1. The summed E-state index contributed by atoms with van der Waals surface area (Å²) in [6.45, 7) is 0. The monoisotopic (exact) mass is 342 g/mol. The van der Waals surface area contributed by atoms with Gasteiger partial charge < -0.3 is 5.73 Å². The van der Waals surface area contributed by atoms with Crippen molar-refractivity contribution in [2.45, 2.75) is 24.9 Å². The van der Waals surface area contributed by atoms with E-state index in [0.717, 1.165) is 18.9 Å². The van der Waals surface area contributed by atoms with Crippen LogP contribution in [0.25, 0.3) is 5.69 Å². The number of amidine groups is 1. The van der Waals surface area contributed by atoms with Gasteiger partial charge in [0.1, 0.15) is 5.84 Å². The SMILES string of the molecule is NC(CCl)=Nc1ccc(-n2nc(C(F)(F)F)cc2C2CC2)cc1. The van der Waals surface area contributed by atoms with Gasteiger partial charge in [-0.25, -0.2) is 9.67 Å². The first-order chi connectivity index (χ1) is 10.9. The Morgan fingerprint density at radius 2 is 1.96 bits per heavy atom. The Balaban J connectivity index is 1.96. The van der Waals surface area contributed by atoms with E-state index in [1.54, 1.807) is 24.3 Å². The normalized spacial score (nSPS) is 15.9. The summed E-state index contributed by atoms with van der Waals surface area (Å²) in [4.78, 5) is 4.08. The van der Waals surface area contributed by atoms with Crippen molar-refractivity contribution in [3.63, 3.8) is 0 Å². The zero-order valence-corrected chi connectivity index (χ0v) is 12.8. The Labute approximate surface area is 135 Å². The average molecular weight is 343 g/mol. The number of alkyl halides is 4. The van der Waals surface area contributed by atoms with Gasteiger partial charge in [0.25, 0.3) is 0 Å². The molecular formula is C15H14ClF3N4. The minimum atomic E-state index is -4.45. The Kier molecular flexibility index (Phi) is 4.06. The summed E-state index contributed by atoms with van der Waals surface area (Å²) in [7, 11) is 0. The lowest BCUT2D eigenvalue weighted by molar-refractivity contribution is -0.141. The Morgan fingerprint density at radius 3 is 2.48 bits per heavy atom. The van der Waals surface area contributed by atoms with Gasteiger partial charge in [-0.2, -0.15) is 18.3 Å². The van der Waals surface area contributed by atoms with E-state index in [0.29, 0.717) is 17.1 Å². The van der Waals surface area contributed by atoms with Crippen LogP contribution in [0.15, 0.2) is 35.3 Å². The van der Waals surface area contributed by atoms with Crippen molar-refractivity contribution in [3.05, 3.63) is 41.7 Å². The standard InChI is InChI=1S/C15H14ClF3N4/c16-8-14(20)21-10-3-5-11(6-4-10)23-12(9-1-2-9)7-13(22-23)15(17,18)19/h3-7,9H,1-2,8H2,(H2,20,21). The minimum absolute atomic E-state index is 0.113. The second-order valence-electron chi connectivity index (χ2n) is 5.39. The van der Waals surface area contributed by atoms with Gasteiger partial charge in [-0.15, -0.1) is 11.6 Å². The molecule has 0 saturated heterocycles. The summed E-state index contributed by atoms with van der Waals surface area (Å²) in [6.07, 6.45) is -2.68. The first-order valence-electron chi connectivity index (χ1n) is 7.05. The molecule has 1 heterocycles. The van der Waals surface area contributed by atoms with Crippen molar-refractivity contribution in [3.8, 4) is 5.69 Å². The van der Waals surface area contributed by atoms with Gasteiger partial charge in [-0.3, -0.25) is 0 Å². The van der Waals surface area contributed by atoms with Crippen LogP contribution in [0.2, 0.25) is 0 Å². The molecule has 0 unspecified atom stereocenters. The molecule has 2 aromatic rings. The fraction of sp³-hybridized carbons (Fsp3) is 0.333. The molecule has 2 N–H and O–H groups in total. The van der Waals surface area contributed by atoms with E-state index >= 15 is 0 Å². The molecule has 0 amide bonds. The molecule has 3 rings (SSSR count). The molecule has 23 heavy (non-hydrogen) atoms. The smallest absolute Gasteiger partial charge is 0.386 e. The van der Waals surface area contributed by atoms with Gasteiger partial charge in [0.2, 0.25) is 0 Å². The van der Waals surface area contributed by atoms with E-state index < -0.39 is 11.9 Å². The molecule has 0 atom stereocenters. The average Bonchev–Trinajstić information content (AvgIpc) is 3.25. The maximum absolute atomic E-state index is 12.9. The number of aromatic nitrogens is 2. The number of halogens is 4. The van der Waals surface area contributed by atoms with Crippen LogP contribution >= 0.6 is 11.6 Å². The van der Waals surface area contributed by atoms with Gasteiger partial charge in [0, 0.05) is 11.6 Å². The predicted octanol–water partition coefficient (Wildman–Crippen LogP) is 4.00. The first-order valence-corrected chi connectivity index (χ1v) is 7.58. The van der Waals surface area contributed by atoms with Gasteiger partial charge in [-0.05, 0) is 43.2 Å². The summed E-state index contributed by atoms with van der Waals surface area (Å²) in [5.41, 5.74) is 6.42. The second kappa shape index (κ2) is 5.88. The third-order valence-electron chi connectivity index (χ3n) is 3.53. The molecule has 0 bridgehead atoms. The van der Waals surface area contributed by atoms with Crippen LogP contribution in [0.1, 0.15) is 30.1 Å². The van der Waals surface area contributed by atoms with E-state index in [1.807, 2.05) is 0 Å². The maximum Gasteiger partial charge on any atom is 0.435 e. The molecule has 1 aromatic carbocycles. The fourth-order valence-corrected chi connectivity index (χ4v) is 2.33. The Hall–Kier alpha value is -2.02. The molecule has 1 aliphatic carbocycles. The van der Waals surface area contributed by atoms with Crippen LogP contribution in [0.3, 0.4) is 0 Å². The molecule has 1 aromatic heterocycles. The summed E-state index contributed by atoms with van der Waals surface area (Å²) in [6, 6.07) is 7.80. The second-order valence-corrected chi connectivity index (χ2v) is 5.66. The van der Waals surface area contributed by atoms with Crippen LogP contribution in [-0.4, -0.2) is 21.5 Å². The lowest BCUT2D eigenvalue weighted by Gasteiger charge is -2.07. The van der Waals surface area contributed by atoms with Crippen LogP contribution in [0.5, 0.6) is 0 Å². The number of aliphatic imine (C=N–C) groups is 1. The third kappa shape index (κ3) is 3.50. The number of nitrogens with two attached hydrogens (primary N) is 1. The van der Waals surface area contributed by atoms with E-state index in [9.17, 15) is 13.2 Å². The Bertz CT molecular complexity index is 730. The zero-order chi connectivity index (χ0) is 16.6. The highest BCUT2D eigenvalue weighted by Crippen LogP contribution is 2.43. The first kappa shape index (κ1) is 15.9. The van der Waals surface area contributed by atoms with E-state index in [1.165, 1.54) is 4.68 Å². The Morgan fingerprint density at radius 1 is 1.30 bits per heavy atom. The topological polar surface area (TPSA) is 56.2 Å². The molecular weight excluding hydrogens is 329 g/mol. The molecule has 0 aliphatic heterocycles. The largest absolute Gasteiger partial charge is 0.435 e. The maximum atomic E-state index is 12.9. The van der Waals surface area contributed by atoms with Crippen LogP contribution in [-0.2, 0) is 6.18 Å². The number of hydrogen-bond acceptors (Lipinski definition) is 2. The van der Waals surface area contributed by atoms with Crippen molar-refractivity contribution in [2.75, 3.05) is 5.88 Å². The van der Waals surface area contributed by atoms with Gasteiger partial charge >= 0.3 is 6.18 Å². The number of benzene rings is 1. The number of rotatable bonds is 4. The molecule has 4 nitrogen and oxygen atoms in total. The van der Waals surface area contributed by atoms with E-state index in [4.69, 9.17) is 17.3 Å². The third-order valence-corrected chi connectivity index (χ3v) is 3.80. The summed E-state index contributed by atoms with van der Waals surface area (Å²) >= 11 is 5.56. The molecule has 122 valence electrons. The van der Waals surface area contributed by atoms with Crippen molar-refractivity contribution in [1.82, 2.24) is 9.78 Å². The van der Waals surface area contributed by atoms with Gasteiger partial charge in [0.05, 0.1) is 17.3 Å². The molecule has 1 fully saturated rings. The highest BCUT2D eigenvalue weighted by molar-refractivity contribution is 6.28. The van der Waals surface area contributed by atoms with Crippen molar-refractivity contribution in [2.24, 2.45) is 10.7 Å². The number of nitrogens with zero attached hydrogens (tertiary/aromatic N) is 3. The van der Waals surface area contributed by atoms with Gasteiger partial charge in [-0.1, -0.05) is 0 Å². The molecule has 8 heteroatoms. The highest BCUT2D eigenvalue weighted by Gasteiger charge is 2.38. The quantitative estimate of drug-likeness (QED) is 0.519. The summed E-state index contributed by atoms with van der Waals surface area (Å²) in [5, 5.41) is 3.73. The van der Waals surface area contributed by atoms with Crippen molar-refractivity contribution < 1.29 is 13.2 Å². The van der Waals surface area contributed by atoms with Crippen molar-refractivity contribution in [1.29, 1.82) is 0 Å². The highest BCUT2D eigenvalue weighted by atomic mass is 35.5. The predicted molar refractivity (Wildman–Crippen MR) is 82.5 cm³/mol. The zero-order valence-electron chi connectivity index (χ0n) is 12.0. The fourth-order valence-electron chi connectivity index (χ4n) is 2.27. The minimum Gasteiger partial charge on any atom is -0.386 e. The molecule has 1 aliphatic rings. The van der Waals surface area contributed by atoms with Crippen LogP contribution < -0.4 is 5.73 Å². The van der Waals surface area contributed by atoms with Gasteiger partial charge in [0.15, 0.2) is 5.69 Å². The van der Waals surface area contributed by atoms with Crippen LogP contribution in [0.4, 0.5) is 18.9 Å². The molecule has 1 saturated carbocycles. The van der Waals surface area contributed by atoms with E-state index in [2.05, 4.69) is 10.1 Å². The molecule has 0 radical (unpaired) electrons. The lowest BCUT2D eigenvalue weighted by Crippen LogP contribution is -2.12. The van der Waals surface area contributed by atoms with E-state index in [-0.39, 0.29) is 17.6 Å². The van der Waals surface area contributed by atoms with Crippen LogP contribution in [0, 0.1) is 0 Å². The van der Waals surface area contributed by atoms with Crippen molar-refractivity contribution >= 4 is 23.1 Å². The summed E-state index contributed by atoms with van der Waals surface area (Å²) < 4.78 is 40.1. The molecule has 0 spiro atoms. The summed E-state index contributed by atoms with van der Waals surface area (Å²) in [5.74, 6) is 0.529.